The Hall–Kier alpha value is -0.580. The minimum Gasteiger partial charge on any atom is -0.388 e. The van der Waals surface area contributed by atoms with Gasteiger partial charge in [-0.25, -0.2) is 8.42 Å². The fraction of sp³-hybridized carbons (Fsp3) is 0.500. The van der Waals surface area contributed by atoms with Crippen LogP contribution in [0.5, 0.6) is 0 Å². The molecule has 0 bridgehead atoms. The van der Waals surface area contributed by atoms with Gasteiger partial charge >= 0.3 is 0 Å². The highest BCUT2D eigenvalue weighted by molar-refractivity contribution is 7.90. The highest BCUT2D eigenvalue weighted by atomic mass is 35.5. The van der Waals surface area contributed by atoms with Crippen molar-refractivity contribution in [1.29, 1.82) is 0 Å². The second-order valence-corrected chi connectivity index (χ2v) is 6.99. The van der Waals surface area contributed by atoms with Crippen molar-refractivity contribution in [1.82, 2.24) is 0 Å². The Morgan fingerprint density at radius 2 is 2.06 bits per heavy atom. The van der Waals surface area contributed by atoms with Gasteiger partial charge < -0.3 is 5.11 Å². The fourth-order valence-electron chi connectivity index (χ4n) is 1.66. The highest BCUT2D eigenvalue weighted by Gasteiger charge is 2.12. The molecule has 0 aliphatic carbocycles. The summed E-state index contributed by atoms with van der Waals surface area (Å²) < 4.78 is 21.9. The molecule has 96 valence electrons. The average Bonchev–Trinajstić information content (AvgIpc) is 2.19. The normalized spacial score (nSPS) is 13.6. The molecule has 1 rings (SSSR count). The first-order valence-electron chi connectivity index (χ1n) is 5.41. The summed E-state index contributed by atoms with van der Waals surface area (Å²) in [6, 6.07) is 5.34. The van der Waals surface area contributed by atoms with Gasteiger partial charge in [0.25, 0.3) is 0 Å². The molecule has 5 heteroatoms. The van der Waals surface area contributed by atoms with Crippen LogP contribution in [0.15, 0.2) is 18.2 Å². The number of sulfone groups is 1. The molecule has 0 spiro atoms. The Morgan fingerprint density at radius 1 is 1.41 bits per heavy atom. The minimum absolute atomic E-state index is 0.101. The fourth-order valence-corrected chi connectivity index (χ4v) is 2.54. The highest BCUT2D eigenvalue weighted by Crippen LogP contribution is 2.25. The zero-order chi connectivity index (χ0) is 13.1. The summed E-state index contributed by atoms with van der Waals surface area (Å²) in [5.74, 6) is 0.101. The standard InChI is InChI=1S/C12H17ClO3S/c1-9-5-6-10(13)8-11(9)12(14)4-3-7-17(2,15)16/h5-6,8,12,14H,3-4,7H2,1-2H3. The minimum atomic E-state index is -2.96. The van der Waals surface area contributed by atoms with E-state index in [2.05, 4.69) is 0 Å². The first-order chi connectivity index (χ1) is 7.79. The van der Waals surface area contributed by atoms with E-state index in [0.29, 0.717) is 17.9 Å². The van der Waals surface area contributed by atoms with E-state index in [0.717, 1.165) is 11.1 Å². The molecule has 0 heterocycles. The number of aryl methyl sites for hydroxylation is 1. The molecule has 0 radical (unpaired) electrons. The molecule has 3 nitrogen and oxygen atoms in total. The summed E-state index contributed by atoms with van der Waals surface area (Å²) in [5, 5.41) is 10.5. The molecule has 0 aliphatic rings. The van der Waals surface area contributed by atoms with E-state index < -0.39 is 15.9 Å². The van der Waals surface area contributed by atoms with Crippen molar-refractivity contribution in [3.8, 4) is 0 Å². The maximum absolute atomic E-state index is 11.0. The maximum Gasteiger partial charge on any atom is 0.147 e. The van der Waals surface area contributed by atoms with E-state index in [1.807, 2.05) is 13.0 Å². The van der Waals surface area contributed by atoms with Gasteiger partial charge in [0, 0.05) is 17.0 Å². The van der Waals surface area contributed by atoms with Gasteiger partial charge in [-0.1, -0.05) is 17.7 Å². The smallest absolute Gasteiger partial charge is 0.147 e. The number of benzene rings is 1. The maximum atomic E-state index is 11.0. The third-order valence-electron chi connectivity index (χ3n) is 2.59. The largest absolute Gasteiger partial charge is 0.388 e. The van der Waals surface area contributed by atoms with Gasteiger partial charge in [0.15, 0.2) is 0 Å². The van der Waals surface area contributed by atoms with E-state index in [1.165, 1.54) is 6.26 Å². The van der Waals surface area contributed by atoms with Crippen LogP contribution in [0.4, 0.5) is 0 Å². The Bertz CT molecular complexity index is 483. The third kappa shape index (κ3) is 5.06. The van der Waals surface area contributed by atoms with Crippen molar-refractivity contribution in [2.45, 2.75) is 25.9 Å². The van der Waals surface area contributed by atoms with E-state index in [-0.39, 0.29) is 5.75 Å². The van der Waals surface area contributed by atoms with Gasteiger partial charge in [-0.15, -0.1) is 0 Å². The lowest BCUT2D eigenvalue weighted by Gasteiger charge is -2.13. The van der Waals surface area contributed by atoms with Crippen LogP contribution in [0, 0.1) is 6.92 Å². The number of aliphatic hydroxyl groups excluding tert-OH is 1. The van der Waals surface area contributed by atoms with Crippen molar-refractivity contribution in [3.63, 3.8) is 0 Å². The molecule has 0 saturated carbocycles. The van der Waals surface area contributed by atoms with Gasteiger partial charge in [-0.2, -0.15) is 0 Å². The van der Waals surface area contributed by atoms with Crippen LogP contribution in [0.3, 0.4) is 0 Å². The molecule has 0 fully saturated rings. The molecule has 1 atom stereocenters. The summed E-state index contributed by atoms with van der Waals surface area (Å²) in [6.07, 6.45) is 1.42. The van der Waals surface area contributed by atoms with Crippen LogP contribution in [-0.2, 0) is 9.84 Å². The predicted octanol–water partition coefficient (Wildman–Crippen LogP) is 2.51. The summed E-state index contributed by atoms with van der Waals surface area (Å²) >= 11 is 5.86. The molecule has 0 amide bonds. The van der Waals surface area contributed by atoms with Gasteiger partial charge in [0.05, 0.1) is 6.10 Å². The van der Waals surface area contributed by atoms with Crippen molar-refractivity contribution >= 4 is 21.4 Å². The quantitative estimate of drug-likeness (QED) is 0.899. The Balaban J connectivity index is 2.64. The van der Waals surface area contributed by atoms with Crippen LogP contribution in [0.2, 0.25) is 5.02 Å². The van der Waals surface area contributed by atoms with Gasteiger partial charge in [-0.3, -0.25) is 0 Å². The van der Waals surface area contributed by atoms with E-state index >= 15 is 0 Å². The number of hydrogen-bond acceptors (Lipinski definition) is 3. The van der Waals surface area contributed by atoms with Crippen LogP contribution in [0.1, 0.15) is 30.1 Å². The summed E-state index contributed by atoms with van der Waals surface area (Å²) in [7, 11) is -2.96. The Morgan fingerprint density at radius 3 is 2.65 bits per heavy atom. The lowest BCUT2D eigenvalue weighted by Crippen LogP contribution is -2.06. The molecule has 0 aliphatic heterocycles. The lowest BCUT2D eigenvalue weighted by molar-refractivity contribution is 0.166. The topological polar surface area (TPSA) is 54.4 Å². The van der Waals surface area contributed by atoms with E-state index in [9.17, 15) is 13.5 Å². The SMILES string of the molecule is Cc1ccc(Cl)cc1C(O)CCCS(C)(=O)=O. The van der Waals surface area contributed by atoms with Crippen molar-refractivity contribution in [2.24, 2.45) is 0 Å². The average molecular weight is 277 g/mol. The molecular weight excluding hydrogens is 260 g/mol. The summed E-state index contributed by atoms with van der Waals surface area (Å²) in [6.45, 7) is 1.89. The second-order valence-electron chi connectivity index (χ2n) is 4.29. The van der Waals surface area contributed by atoms with Crippen molar-refractivity contribution < 1.29 is 13.5 Å². The lowest BCUT2D eigenvalue weighted by atomic mass is 10.0. The summed E-state index contributed by atoms with van der Waals surface area (Å²) in [4.78, 5) is 0. The molecule has 1 N–H and O–H groups in total. The van der Waals surface area contributed by atoms with Crippen LogP contribution < -0.4 is 0 Å². The van der Waals surface area contributed by atoms with E-state index in [4.69, 9.17) is 11.6 Å². The first kappa shape index (κ1) is 14.5. The zero-order valence-electron chi connectivity index (χ0n) is 9.98. The molecule has 0 aromatic heterocycles. The first-order valence-corrected chi connectivity index (χ1v) is 7.85. The van der Waals surface area contributed by atoms with E-state index in [1.54, 1.807) is 12.1 Å². The number of hydrogen-bond donors (Lipinski definition) is 1. The Kier molecular flexibility index (Phi) is 4.98. The second kappa shape index (κ2) is 5.85. The number of rotatable bonds is 5. The molecule has 1 unspecified atom stereocenters. The van der Waals surface area contributed by atoms with Crippen LogP contribution in [0.25, 0.3) is 0 Å². The molecule has 17 heavy (non-hydrogen) atoms. The predicted molar refractivity (Wildman–Crippen MR) is 70.1 cm³/mol. The summed E-state index contributed by atoms with van der Waals surface area (Å²) in [5.41, 5.74) is 1.73. The molecule has 1 aromatic rings. The number of halogens is 1. The molecular formula is C12H17ClO3S. The molecule has 0 saturated heterocycles. The molecule has 1 aromatic carbocycles. The van der Waals surface area contributed by atoms with Gasteiger partial charge in [-0.05, 0) is 43.0 Å². The van der Waals surface area contributed by atoms with Crippen LogP contribution >= 0.6 is 11.6 Å². The van der Waals surface area contributed by atoms with Gasteiger partial charge in [0.1, 0.15) is 9.84 Å². The number of aliphatic hydroxyl groups is 1. The Labute approximate surface area is 107 Å². The zero-order valence-corrected chi connectivity index (χ0v) is 11.6. The van der Waals surface area contributed by atoms with Crippen molar-refractivity contribution in [2.75, 3.05) is 12.0 Å². The van der Waals surface area contributed by atoms with Crippen molar-refractivity contribution in [3.05, 3.63) is 34.3 Å². The third-order valence-corrected chi connectivity index (χ3v) is 3.86. The van der Waals surface area contributed by atoms with Gasteiger partial charge in [0.2, 0.25) is 0 Å². The van der Waals surface area contributed by atoms with Crippen LogP contribution in [-0.4, -0.2) is 25.5 Å². The monoisotopic (exact) mass is 276 g/mol.